The van der Waals surface area contributed by atoms with E-state index < -0.39 is 4.33 Å². The second-order valence-electron chi connectivity index (χ2n) is 5.65. The number of thioether (sulfide) groups is 1. The van der Waals surface area contributed by atoms with Crippen molar-refractivity contribution in [3.8, 4) is 0 Å². The molecule has 2 fully saturated rings. The van der Waals surface area contributed by atoms with Gasteiger partial charge in [0.25, 0.3) is 0 Å². The van der Waals surface area contributed by atoms with Crippen LogP contribution in [0.25, 0.3) is 10.9 Å². The molecule has 1 aromatic heterocycles. The van der Waals surface area contributed by atoms with Gasteiger partial charge in [-0.3, -0.25) is 0 Å². The Morgan fingerprint density at radius 1 is 1.20 bits per heavy atom. The Morgan fingerprint density at radius 2 is 1.95 bits per heavy atom. The quantitative estimate of drug-likeness (QED) is 0.459. The molecule has 0 spiro atoms. The van der Waals surface area contributed by atoms with Gasteiger partial charge in [0.15, 0.2) is 0 Å². The van der Waals surface area contributed by atoms with E-state index in [-0.39, 0.29) is 0 Å². The molecule has 2 saturated carbocycles. The molecule has 20 heavy (non-hydrogen) atoms. The van der Waals surface area contributed by atoms with Gasteiger partial charge in [-0.05, 0) is 25.3 Å². The minimum Gasteiger partial charge on any atom is -0.233 e. The van der Waals surface area contributed by atoms with E-state index in [1.807, 2.05) is 12.1 Å². The normalized spacial score (nSPS) is 24.0. The molecule has 0 radical (unpaired) electrons. The van der Waals surface area contributed by atoms with Gasteiger partial charge in [0, 0.05) is 23.0 Å². The van der Waals surface area contributed by atoms with Crippen LogP contribution in [0, 0.1) is 5.92 Å². The molecule has 2 aliphatic rings. The van der Waals surface area contributed by atoms with Crippen molar-refractivity contribution >= 4 is 45.9 Å². The van der Waals surface area contributed by atoms with Gasteiger partial charge < -0.3 is 0 Å². The highest BCUT2D eigenvalue weighted by molar-refractivity contribution is 7.99. The summed E-state index contributed by atoms with van der Waals surface area (Å²) >= 11 is 14.0. The Hall–Kier alpha value is -0.510. The highest BCUT2D eigenvalue weighted by atomic mass is 35.5. The molecule has 0 aliphatic heterocycles. The number of nitrogens with zero attached hydrogens (tertiary/aromatic N) is 2. The van der Waals surface area contributed by atoms with Crippen LogP contribution in [0.4, 0.5) is 0 Å². The summed E-state index contributed by atoms with van der Waals surface area (Å²) in [5, 5.41) is 2.21. The van der Waals surface area contributed by atoms with Crippen LogP contribution in [0.15, 0.2) is 29.3 Å². The maximum absolute atomic E-state index is 6.10. The van der Waals surface area contributed by atoms with Gasteiger partial charge in [-0.2, -0.15) is 0 Å². The highest BCUT2D eigenvalue weighted by Gasteiger charge is 2.51. The molecule has 0 N–H and O–H groups in total. The number of halogens is 2. The second kappa shape index (κ2) is 4.75. The molecule has 0 bridgehead atoms. The van der Waals surface area contributed by atoms with E-state index >= 15 is 0 Å². The van der Waals surface area contributed by atoms with Crippen molar-refractivity contribution in [2.75, 3.05) is 5.75 Å². The lowest BCUT2D eigenvalue weighted by molar-refractivity contribution is 0.901. The summed E-state index contributed by atoms with van der Waals surface area (Å²) < 4.78 is -0.505. The van der Waals surface area contributed by atoms with Crippen LogP contribution >= 0.6 is 35.0 Å². The lowest BCUT2D eigenvalue weighted by atomic mass is 10.2. The molecule has 1 aromatic carbocycles. The van der Waals surface area contributed by atoms with Crippen LogP contribution in [0.1, 0.15) is 31.0 Å². The molecule has 0 saturated heterocycles. The predicted octanol–water partition coefficient (Wildman–Crippen LogP) is 4.79. The lowest BCUT2D eigenvalue weighted by Gasteiger charge is -2.08. The standard InChI is InChI=1S/C15H14Cl2N2S/c16-15(17)7-10(15)8-20-14-11-3-1-2-4-12(11)18-13(19-14)9-5-6-9/h1-4,9-10H,5-8H2/t10-/m0/s1. The Kier molecular flexibility index (Phi) is 3.13. The largest absolute Gasteiger partial charge is 0.233 e. The fourth-order valence-electron chi connectivity index (χ4n) is 2.33. The first-order valence-corrected chi connectivity index (χ1v) is 8.65. The van der Waals surface area contributed by atoms with Crippen LogP contribution in [0.3, 0.4) is 0 Å². The van der Waals surface area contributed by atoms with Gasteiger partial charge in [-0.25, -0.2) is 9.97 Å². The SMILES string of the molecule is ClC1(Cl)C[C@H]1CSc1nc(C2CC2)nc2ccccc12. The van der Waals surface area contributed by atoms with E-state index in [9.17, 15) is 0 Å². The molecule has 2 aliphatic carbocycles. The van der Waals surface area contributed by atoms with E-state index in [0.29, 0.717) is 11.8 Å². The van der Waals surface area contributed by atoms with Crippen LogP contribution in [0.2, 0.25) is 0 Å². The summed E-state index contributed by atoms with van der Waals surface area (Å²) in [6.07, 6.45) is 3.33. The summed E-state index contributed by atoms with van der Waals surface area (Å²) in [5.41, 5.74) is 1.05. The van der Waals surface area contributed by atoms with Gasteiger partial charge in [-0.15, -0.1) is 35.0 Å². The van der Waals surface area contributed by atoms with Crippen molar-refractivity contribution in [2.45, 2.75) is 34.5 Å². The molecular formula is C15H14Cl2N2S. The van der Waals surface area contributed by atoms with Crippen molar-refractivity contribution in [1.29, 1.82) is 0 Å². The molecule has 4 rings (SSSR count). The number of hydrogen-bond donors (Lipinski definition) is 0. The molecule has 1 heterocycles. The predicted molar refractivity (Wildman–Crippen MR) is 84.8 cm³/mol. The van der Waals surface area contributed by atoms with Crippen LogP contribution in [0.5, 0.6) is 0 Å². The number of alkyl halides is 2. The van der Waals surface area contributed by atoms with E-state index in [1.165, 1.54) is 12.8 Å². The van der Waals surface area contributed by atoms with Crippen LogP contribution in [-0.4, -0.2) is 20.1 Å². The average Bonchev–Trinajstić information content (AvgIpc) is 3.33. The maximum Gasteiger partial charge on any atom is 0.133 e. The first-order chi connectivity index (χ1) is 9.63. The maximum atomic E-state index is 6.10. The number of benzene rings is 1. The molecule has 2 nitrogen and oxygen atoms in total. The van der Waals surface area contributed by atoms with Gasteiger partial charge in [-0.1, -0.05) is 18.2 Å². The molecule has 104 valence electrons. The van der Waals surface area contributed by atoms with Crippen LogP contribution in [-0.2, 0) is 0 Å². The van der Waals surface area contributed by atoms with E-state index in [0.717, 1.165) is 33.9 Å². The first-order valence-electron chi connectivity index (χ1n) is 6.91. The smallest absolute Gasteiger partial charge is 0.133 e. The summed E-state index contributed by atoms with van der Waals surface area (Å²) in [6, 6.07) is 8.23. The zero-order valence-electron chi connectivity index (χ0n) is 10.9. The third-order valence-electron chi connectivity index (χ3n) is 3.90. The van der Waals surface area contributed by atoms with Gasteiger partial charge in [0.1, 0.15) is 15.2 Å². The Bertz CT molecular complexity index is 670. The number of hydrogen-bond acceptors (Lipinski definition) is 3. The third-order valence-corrected chi connectivity index (χ3v) is 5.98. The fourth-order valence-corrected chi connectivity index (χ4v) is 4.29. The Balaban J connectivity index is 1.65. The second-order valence-corrected chi connectivity index (χ2v) is 8.20. The van der Waals surface area contributed by atoms with E-state index in [1.54, 1.807) is 11.8 Å². The summed E-state index contributed by atoms with van der Waals surface area (Å²) in [5.74, 6) is 2.89. The molecule has 5 heteroatoms. The summed E-state index contributed by atoms with van der Waals surface area (Å²) in [6.45, 7) is 0. The first kappa shape index (κ1) is 13.2. The van der Waals surface area contributed by atoms with Crippen molar-refractivity contribution in [3.05, 3.63) is 30.1 Å². The molecule has 0 amide bonds. The number of aromatic nitrogens is 2. The van der Waals surface area contributed by atoms with Crippen molar-refractivity contribution in [1.82, 2.24) is 9.97 Å². The van der Waals surface area contributed by atoms with Gasteiger partial charge >= 0.3 is 0 Å². The van der Waals surface area contributed by atoms with E-state index in [2.05, 4.69) is 12.1 Å². The zero-order chi connectivity index (χ0) is 13.7. The summed E-state index contributed by atoms with van der Waals surface area (Å²) in [4.78, 5) is 9.47. The third kappa shape index (κ3) is 2.51. The zero-order valence-corrected chi connectivity index (χ0v) is 13.2. The van der Waals surface area contributed by atoms with E-state index in [4.69, 9.17) is 33.2 Å². The Morgan fingerprint density at radius 3 is 2.65 bits per heavy atom. The van der Waals surface area contributed by atoms with Gasteiger partial charge in [0.05, 0.1) is 5.52 Å². The molecule has 2 aromatic rings. The Labute approximate surface area is 132 Å². The lowest BCUT2D eigenvalue weighted by Crippen LogP contribution is -1.98. The minimum atomic E-state index is -0.505. The van der Waals surface area contributed by atoms with Crippen molar-refractivity contribution in [3.63, 3.8) is 0 Å². The summed E-state index contributed by atoms with van der Waals surface area (Å²) in [7, 11) is 0. The minimum absolute atomic E-state index is 0.383. The number of fused-ring (bicyclic) bond motifs is 1. The number of rotatable bonds is 4. The molecule has 1 atom stereocenters. The molecular weight excluding hydrogens is 311 g/mol. The topological polar surface area (TPSA) is 25.8 Å². The molecule has 0 unspecified atom stereocenters. The average molecular weight is 325 g/mol. The fraction of sp³-hybridized carbons (Fsp3) is 0.467. The van der Waals surface area contributed by atoms with Gasteiger partial charge in [0.2, 0.25) is 0 Å². The highest BCUT2D eigenvalue weighted by Crippen LogP contribution is 2.55. The van der Waals surface area contributed by atoms with Crippen LogP contribution < -0.4 is 0 Å². The monoisotopic (exact) mass is 324 g/mol. The van der Waals surface area contributed by atoms with Crippen molar-refractivity contribution < 1.29 is 0 Å². The number of para-hydroxylation sites is 1. The van der Waals surface area contributed by atoms with Crippen molar-refractivity contribution in [2.24, 2.45) is 5.92 Å².